The average molecular weight is 294 g/mol. The zero-order valence-corrected chi connectivity index (χ0v) is 11.3. The third-order valence-electron chi connectivity index (χ3n) is 2.75. The molecule has 0 fully saturated rings. The molecule has 0 aliphatic heterocycles. The van der Waals surface area contributed by atoms with Crippen molar-refractivity contribution in [3.8, 4) is 0 Å². The van der Waals surface area contributed by atoms with Gasteiger partial charge in [0.1, 0.15) is 6.04 Å². The van der Waals surface area contributed by atoms with E-state index >= 15 is 0 Å². The molecule has 0 radical (unpaired) electrons. The summed E-state index contributed by atoms with van der Waals surface area (Å²) in [6, 6.07) is 4.43. The number of nitrogen functional groups attached to an aromatic ring is 1. The van der Waals surface area contributed by atoms with E-state index in [1.165, 1.54) is 12.1 Å². The van der Waals surface area contributed by atoms with Crippen molar-refractivity contribution in [3.05, 3.63) is 29.8 Å². The number of urea groups is 1. The lowest BCUT2D eigenvalue weighted by atomic mass is 10.1. The number of carbonyl (C=O) groups excluding carboxylic acids is 2. The summed E-state index contributed by atoms with van der Waals surface area (Å²) >= 11 is 0. The monoisotopic (exact) mass is 294 g/mol. The van der Waals surface area contributed by atoms with Gasteiger partial charge >= 0.3 is 12.0 Å². The van der Waals surface area contributed by atoms with Crippen molar-refractivity contribution in [1.82, 2.24) is 10.6 Å². The molecule has 0 aliphatic rings. The summed E-state index contributed by atoms with van der Waals surface area (Å²) in [5.41, 5.74) is 11.2. The van der Waals surface area contributed by atoms with Crippen LogP contribution in [-0.4, -0.2) is 35.6 Å². The molecule has 0 unspecified atom stereocenters. The van der Waals surface area contributed by atoms with Crippen molar-refractivity contribution in [3.63, 3.8) is 0 Å². The number of hydrogen-bond donors (Lipinski definition) is 5. The van der Waals surface area contributed by atoms with Gasteiger partial charge in [-0.15, -0.1) is 0 Å². The number of nitrogens with one attached hydrogen (secondary N) is 2. The van der Waals surface area contributed by atoms with Gasteiger partial charge in [-0.05, 0) is 37.1 Å². The standard InChI is InChI=1S/C13H18N4O4/c14-9-5-3-8(4-6-9)11(18)17-10(12(19)20)2-1-7-16-13(15)21/h3-6,10H,1-2,7,14H2,(H,17,18)(H,19,20)(H3,15,16,21)/t10-/m0/s1. The molecule has 0 spiro atoms. The highest BCUT2D eigenvalue weighted by atomic mass is 16.4. The highest BCUT2D eigenvalue weighted by Crippen LogP contribution is 2.06. The van der Waals surface area contributed by atoms with Crippen LogP contribution in [0.2, 0.25) is 0 Å². The van der Waals surface area contributed by atoms with Crippen LogP contribution >= 0.6 is 0 Å². The molecule has 0 aliphatic carbocycles. The van der Waals surface area contributed by atoms with E-state index in [0.29, 0.717) is 17.7 Å². The van der Waals surface area contributed by atoms with E-state index in [4.69, 9.17) is 16.6 Å². The molecule has 1 atom stereocenters. The van der Waals surface area contributed by atoms with Gasteiger partial charge in [-0.2, -0.15) is 0 Å². The highest BCUT2D eigenvalue weighted by molar-refractivity contribution is 5.96. The molecule has 1 aromatic rings. The first-order chi connectivity index (χ1) is 9.90. The molecule has 1 aromatic carbocycles. The Hall–Kier alpha value is -2.77. The van der Waals surface area contributed by atoms with Crippen LogP contribution < -0.4 is 22.1 Å². The van der Waals surface area contributed by atoms with E-state index in [-0.39, 0.29) is 13.0 Å². The quantitative estimate of drug-likeness (QED) is 0.352. The zero-order valence-electron chi connectivity index (χ0n) is 11.3. The number of carboxylic acids is 1. The van der Waals surface area contributed by atoms with Crippen LogP contribution in [0.3, 0.4) is 0 Å². The van der Waals surface area contributed by atoms with Gasteiger partial charge < -0.3 is 27.2 Å². The maximum atomic E-state index is 11.9. The summed E-state index contributed by atoms with van der Waals surface area (Å²) in [5, 5.41) is 13.8. The molecule has 8 nitrogen and oxygen atoms in total. The number of carboxylic acid groups (broad SMARTS) is 1. The second-order valence-corrected chi connectivity index (χ2v) is 4.42. The molecule has 3 amide bonds. The summed E-state index contributed by atoms with van der Waals surface area (Å²) in [6.45, 7) is 0.247. The molecule has 7 N–H and O–H groups in total. The minimum absolute atomic E-state index is 0.177. The Balaban J connectivity index is 2.53. The fraction of sp³-hybridized carbons (Fsp3) is 0.308. The Kier molecular flexibility index (Phi) is 5.99. The highest BCUT2D eigenvalue weighted by Gasteiger charge is 2.20. The van der Waals surface area contributed by atoms with Crippen LogP contribution in [0.5, 0.6) is 0 Å². The van der Waals surface area contributed by atoms with E-state index in [1.807, 2.05) is 0 Å². The minimum atomic E-state index is -1.14. The number of benzene rings is 1. The number of nitrogens with two attached hydrogens (primary N) is 2. The van der Waals surface area contributed by atoms with Crippen molar-refractivity contribution in [2.45, 2.75) is 18.9 Å². The molecule has 8 heteroatoms. The minimum Gasteiger partial charge on any atom is -0.480 e. The van der Waals surface area contributed by atoms with E-state index in [1.54, 1.807) is 12.1 Å². The molecule has 0 saturated carbocycles. The molecular formula is C13H18N4O4. The Bertz CT molecular complexity index is 515. The van der Waals surface area contributed by atoms with Gasteiger partial charge in [0.25, 0.3) is 5.91 Å². The van der Waals surface area contributed by atoms with Gasteiger partial charge in [-0.1, -0.05) is 0 Å². The van der Waals surface area contributed by atoms with Crippen molar-refractivity contribution in [2.75, 3.05) is 12.3 Å². The maximum absolute atomic E-state index is 11.9. The van der Waals surface area contributed by atoms with Gasteiger partial charge in [-0.25, -0.2) is 9.59 Å². The predicted octanol–water partition coefficient (Wildman–Crippen LogP) is -0.0997. The lowest BCUT2D eigenvalue weighted by Crippen LogP contribution is -2.41. The lowest BCUT2D eigenvalue weighted by molar-refractivity contribution is -0.139. The lowest BCUT2D eigenvalue weighted by Gasteiger charge is -2.14. The van der Waals surface area contributed by atoms with E-state index < -0.39 is 23.9 Å². The number of amides is 3. The molecule has 1 rings (SSSR count). The fourth-order valence-electron chi connectivity index (χ4n) is 1.65. The second-order valence-electron chi connectivity index (χ2n) is 4.42. The Labute approximate surface area is 121 Å². The first kappa shape index (κ1) is 16.3. The Morgan fingerprint density at radius 1 is 1.19 bits per heavy atom. The van der Waals surface area contributed by atoms with Gasteiger partial charge in [0.05, 0.1) is 0 Å². The molecule has 0 bridgehead atoms. The summed E-state index contributed by atoms with van der Waals surface area (Å²) in [7, 11) is 0. The largest absolute Gasteiger partial charge is 0.480 e. The number of anilines is 1. The number of rotatable bonds is 7. The Morgan fingerprint density at radius 3 is 2.33 bits per heavy atom. The van der Waals surface area contributed by atoms with E-state index in [2.05, 4.69) is 10.6 Å². The fourth-order valence-corrected chi connectivity index (χ4v) is 1.65. The van der Waals surface area contributed by atoms with Crippen molar-refractivity contribution >= 4 is 23.6 Å². The van der Waals surface area contributed by atoms with Crippen molar-refractivity contribution in [1.29, 1.82) is 0 Å². The van der Waals surface area contributed by atoms with Gasteiger partial charge in [0.2, 0.25) is 0 Å². The number of hydrogen-bond acceptors (Lipinski definition) is 4. The van der Waals surface area contributed by atoms with Gasteiger partial charge in [-0.3, -0.25) is 4.79 Å². The zero-order chi connectivity index (χ0) is 15.8. The third kappa shape index (κ3) is 5.81. The predicted molar refractivity (Wildman–Crippen MR) is 76.6 cm³/mol. The summed E-state index contributed by atoms with van der Waals surface area (Å²) in [4.78, 5) is 33.5. The first-order valence-corrected chi connectivity index (χ1v) is 6.32. The summed E-state index contributed by atoms with van der Waals surface area (Å²) in [5.74, 6) is -1.64. The molecule has 0 heterocycles. The van der Waals surface area contributed by atoms with Crippen LogP contribution in [0.15, 0.2) is 24.3 Å². The number of carbonyl (C=O) groups is 3. The SMILES string of the molecule is NC(=O)NCCC[C@H](NC(=O)c1ccc(N)cc1)C(=O)O. The topological polar surface area (TPSA) is 148 Å². The molecule has 21 heavy (non-hydrogen) atoms. The van der Waals surface area contributed by atoms with Gasteiger partial charge in [0, 0.05) is 17.8 Å². The number of aliphatic carboxylic acids is 1. The summed E-state index contributed by atoms with van der Waals surface area (Å²) < 4.78 is 0. The van der Waals surface area contributed by atoms with Crippen LogP contribution in [0.25, 0.3) is 0 Å². The van der Waals surface area contributed by atoms with Crippen LogP contribution in [0.1, 0.15) is 23.2 Å². The van der Waals surface area contributed by atoms with Crippen molar-refractivity contribution in [2.24, 2.45) is 5.73 Å². The molecule has 0 saturated heterocycles. The molecule has 114 valence electrons. The summed E-state index contributed by atoms with van der Waals surface area (Å²) in [6.07, 6.45) is 0.554. The average Bonchev–Trinajstić information content (AvgIpc) is 2.42. The normalized spacial score (nSPS) is 11.4. The molecular weight excluding hydrogens is 276 g/mol. The van der Waals surface area contributed by atoms with Gasteiger partial charge in [0.15, 0.2) is 0 Å². The Morgan fingerprint density at radius 2 is 1.81 bits per heavy atom. The van der Waals surface area contributed by atoms with E-state index in [0.717, 1.165) is 0 Å². The van der Waals surface area contributed by atoms with Crippen LogP contribution in [-0.2, 0) is 4.79 Å². The second kappa shape index (κ2) is 7.73. The van der Waals surface area contributed by atoms with Crippen LogP contribution in [0.4, 0.5) is 10.5 Å². The first-order valence-electron chi connectivity index (χ1n) is 6.32. The third-order valence-corrected chi connectivity index (χ3v) is 2.75. The van der Waals surface area contributed by atoms with Crippen LogP contribution in [0, 0.1) is 0 Å². The smallest absolute Gasteiger partial charge is 0.326 e. The van der Waals surface area contributed by atoms with E-state index in [9.17, 15) is 14.4 Å². The number of primary amides is 1. The maximum Gasteiger partial charge on any atom is 0.326 e. The van der Waals surface area contributed by atoms with Crippen molar-refractivity contribution < 1.29 is 19.5 Å². The molecule has 0 aromatic heterocycles.